The largest absolute Gasteiger partial charge is 0.387 e. The van der Waals surface area contributed by atoms with Gasteiger partial charge >= 0.3 is 0 Å². The third kappa shape index (κ3) is 4.91. The number of rotatable bonds is 7. The minimum atomic E-state index is -0.577. The normalized spacial score (nSPS) is 22.3. The van der Waals surface area contributed by atoms with Crippen LogP contribution in [0.4, 0.5) is 0 Å². The number of aryl methyl sites for hydroxylation is 1. The zero-order valence-corrected chi connectivity index (χ0v) is 17.3. The van der Waals surface area contributed by atoms with Crippen molar-refractivity contribution in [3.63, 3.8) is 0 Å². The first kappa shape index (κ1) is 20.3. The van der Waals surface area contributed by atoms with E-state index in [1.165, 1.54) is 18.4 Å². The van der Waals surface area contributed by atoms with Crippen LogP contribution < -0.4 is 0 Å². The van der Waals surface area contributed by atoms with Crippen LogP contribution in [0.5, 0.6) is 0 Å². The van der Waals surface area contributed by atoms with E-state index < -0.39 is 6.10 Å². The van der Waals surface area contributed by atoms with Crippen molar-refractivity contribution in [2.24, 2.45) is 13.0 Å². The monoisotopic (exact) mass is 390 g/mol. The number of aliphatic hydroxyl groups is 1. The van der Waals surface area contributed by atoms with Gasteiger partial charge in [0.15, 0.2) is 0 Å². The molecule has 1 N–H and O–H groups in total. The van der Waals surface area contributed by atoms with Gasteiger partial charge in [-0.25, -0.2) is 0 Å². The van der Waals surface area contributed by atoms with Crippen molar-refractivity contribution in [3.05, 3.63) is 52.8 Å². The van der Waals surface area contributed by atoms with Crippen molar-refractivity contribution >= 4 is 11.6 Å². The Bertz CT molecular complexity index is 734. The van der Waals surface area contributed by atoms with E-state index in [0.29, 0.717) is 23.5 Å². The Morgan fingerprint density at radius 2 is 2.15 bits per heavy atom. The van der Waals surface area contributed by atoms with Crippen LogP contribution in [0.2, 0.25) is 5.02 Å². The Morgan fingerprint density at radius 1 is 1.37 bits per heavy atom. The number of hydrogen-bond donors (Lipinski definition) is 1. The van der Waals surface area contributed by atoms with Crippen molar-refractivity contribution in [3.8, 4) is 0 Å². The Hall–Kier alpha value is -1.40. The summed E-state index contributed by atoms with van der Waals surface area (Å²) in [6.45, 7) is 5.93. The minimum Gasteiger partial charge on any atom is -0.387 e. The van der Waals surface area contributed by atoms with E-state index in [9.17, 15) is 5.11 Å². The standard InChI is InChI=1S/C21H31ClN4O/c1-4-26-11-7-8-16(21(26)17-12-23-25(3)14-17)13-24(2)15-20(27)18-9-5-6-10-19(18)22/h5-6,9-10,12,14,16,20-21,27H,4,7-8,11,13,15H2,1-3H3/t16-,20-,21+/m0/s1. The number of aliphatic hydroxyl groups excluding tert-OH is 1. The molecule has 0 amide bonds. The van der Waals surface area contributed by atoms with E-state index in [4.69, 9.17) is 11.6 Å². The van der Waals surface area contributed by atoms with Gasteiger partial charge in [0.25, 0.3) is 0 Å². The summed E-state index contributed by atoms with van der Waals surface area (Å²) in [4.78, 5) is 4.80. The smallest absolute Gasteiger partial charge is 0.0931 e. The Morgan fingerprint density at radius 3 is 2.81 bits per heavy atom. The Kier molecular flexibility index (Phi) is 6.93. The summed E-state index contributed by atoms with van der Waals surface area (Å²) < 4.78 is 1.89. The van der Waals surface area contributed by atoms with Crippen LogP contribution in [0.15, 0.2) is 36.7 Å². The van der Waals surface area contributed by atoms with Crippen molar-refractivity contribution in [1.82, 2.24) is 19.6 Å². The van der Waals surface area contributed by atoms with E-state index in [0.717, 1.165) is 25.2 Å². The maximum Gasteiger partial charge on any atom is 0.0931 e. The van der Waals surface area contributed by atoms with Gasteiger partial charge in [0.1, 0.15) is 0 Å². The average Bonchev–Trinajstić information content (AvgIpc) is 3.07. The highest BCUT2D eigenvalue weighted by Gasteiger charge is 2.33. The summed E-state index contributed by atoms with van der Waals surface area (Å²) in [6, 6.07) is 7.93. The van der Waals surface area contributed by atoms with Gasteiger partial charge in [-0.2, -0.15) is 5.10 Å². The summed E-state index contributed by atoms with van der Waals surface area (Å²) in [5.74, 6) is 0.520. The quantitative estimate of drug-likeness (QED) is 0.785. The number of hydrogen-bond acceptors (Lipinski definition) is 4. The second-order valence-electron chi connectivity index (χ2n) is 7.68. The lowest BCUT2D eigenvalue weighted by Gasteiger charge is -2.42. The van der Waals surface area contributed by atoms with Crippen LogP contribution >= 0.6 is 11.6 Å². The van der Waals surface area contributed by atoms with E-state index in [2.05, 4.69) is 35.1 Å². The van der Waals surface area contributed by atoms with Gasteiger partial charge < -0.3 is 10.0 Å². The molecular weight excluding hydrogens is 360 g/mol. The summed E-state index contributed by atoms with van der Waals surface area (Å²) in [7, 11) is 4.06. The fraction of sp³-hybridized carbons (Fsp3) is 0.571. The lowest BCUT2D eigenvalue weighted by atomic mass is 9.85. The van der Waals surface area contributed by atoms with Crippen LogP contribution in [-0.4, -0.2) is 57.9 Å². The topological polar surface area (TPSA) is 44.5 Å². The van der Waals surface area contributed by atoms with Crippen LogP contribution in [0, 0.1) is 5.92 Å². The van der Waals surface area contributed by atoms with Crippen LogP contribution in [0.3, 0.4) is 0 Å². The molecule has 27 heavy (non-hydrogen) atoms. The number of likely N-dealkylation sites (N-methyl/N-ethyl adjacent to an activating group) is 1. The highest BCUT2D eigenvalue weighted by Crippen LogP contribution is 2.36. The van der Waals surface area contributed by atoms with Gasteiger partial charge in [0.2, 0.25) is 0 Å². The number of likely N-dealkylation sites (tertiary alicyclic amines) is 1. The van der Waals surface area contributed by atoms with Crippen LogP contribution in [0.1, 0.15) is 43.0 Å². The molecule has 2 aromatic rings. The van der Waals surface area contributed by atoms with Crippen molar-refractivity contribution in [1.29, 1.82) is 0 Å². The third-order valence-electron chi connectivity index (χ3n) is 5.63. The molecule has 148 valence electrons. The van der Waals surface area contributed by atoms with Gasteiger partial charge in [0.05, 0.1) is 12.3 Å². The maximum absolute atomic E-state index is 10.6. The third-order valence-corrected chi connectivity index (χ3v) is 5.97. The molecule has 3 rings (SSSR count). The van der Waals surface area contributed by atoms with Crippen molar-refractivity contribution < 1.29 is 5.11 Å². The molecule has 1 aliphatic rings. The molecule has 5 nitrogen and oxygen atoms in total. The fourth-order valence-electron chi connectivity index (χ4n) is 4.39. The molecule has 1 aromatic carbocycles. The molecule has 0 unspecified atom stereocenters. The summed E-state index contributed by atoms with van der Waals surface area (Å²) >= 11 is 6.24. The first-order chi connectivity index (χ1) is 13.0. The second-order valence-corrected chi connectivity index (χ2v) is 8.09. The number of benzene rings is 1. The van der Waals surface area contributed by atoms with Gasteiger partial charge in [-0.05, 0) is 45.0 Å². The first-order valence-electron chi connectivity index (χ1n) is 9.83. The molecular formula is C21H31ClN4O. The van der Waals surface area contributed by atoms with E-state index in [1.54, 1.807) is 0 Å². The van der Waals surface area contributed by atoms with E-state index in [1.807, 2.05) is 42.2 Å². The molecule has 2 heterocycles. The second kappa shape index (κ2) is 9.20. The number of halogens is 1. The minimum absolute atomic E-state index is 0.386. The zero-order valence-electron chi connectivity index (χ0n) is 16.6. The number of piperidine rings is 1. The highest BCUT2D eigenvalue weighted by atomic mass is 35.5. The fourth-order valence-corrected chi connectivity index (χ4v) is 4.65. The first-order valence-corrected chi connectivity index (χ1v) is 10.2. The maximum atomic E-state index is 10.6. The summed E-state index contributed by atoms with van der Waals surface area (Å²) in [5, 5.41) is 15.7. The van der Waals surface area contributed by atoms with Crippen molar-refractivity contribution in [2.45, 2.75) is 31.9 Å². The summed E-state index contributed by atoms with van der Waals surface area (Å²) in [5.41, 5.74) is 2.10. The Labute approximate surface area is 167 Å². The highest BCUT2D eigenvalue weighted by molar-refractivity contribution is 6.31. The van der Waals surface area contributed by atoms with Gasteiger partial charge in [-0.15, -0.1) is 0 Å². The molecule has 1 fully saturated rings. The zero-order chi connectivity index (χ0) is 19.4. The Balaban J connectivity index is 1.69. The molecule has 1 aromatic heterocycles. The van der Waals surface area contributed by atoms with Gasteiger partial charge in [-0.1, -0.05) is 36.7 Å². The number of nitrogens with zero attached hydrogens (tertiary/aromatic N) is 4. The van der Waals surface area contributed by atoms with Crippen LogP contribution in [0.25, 0.3) is 0 Å². The molecule has 0 bridgehead atoms. The molecule has 1 aliphatic heterocycles. The van der Waals surface area contributed by atoms with E-state index in [-0.39, 0.29) is 0 Å². The molecule has 3 atom stereocenters. The molecule has 0 spiro atoms. The lowest BCUT2D eigenvalue weighted by Crippen LogP contribution is -2.43. The predicted octanol–water partition coefficient (Wildman–Crippen LogP) is 3.51. The number of aromatic nitrogens is 2. The molecule has 1 saturated heterocycles. The average molecular weight is 391 g/mol. The lowest BCUT2D eigenvalue weighted by molar-refractivity contribution is 0.0597. The molecule has 0 saturated carbocycles. The molecule has 6 heteroatoms. The van der Waals surface area contributed by atoms with Crippen molar-refractivity contribution in [2.75, 3.05) is 33.2 Å². The summed E-state index contributed by atoms with van der Waals surface area (Å²) in [6.07, 6.45) is 5.99. The van der Waals surface area contributed by atoms with Crippen LogP contribution in [-0.2, 0) is 7.05 Å². The molecule has 0 radical (unpaired) electrons. The SMILES string of the molecule is CCN1CCC[C@@H](CN(C)C[C@H](O)c2ccccc2Cl)[C@@H]1c1cnn(C)c1. The van der Waals surface area contributed by atoms with Gasteiger partial charge in [0, 0.05) is 48.5 Å². The van der Waals surface area contributed by atoms with Gasteiger partial charge in [-0.3, -0.25) is 9.58 Å². The molecule has 0 aliphatic carbocycles. The van der Waals surface area contributed by atoms with E-state index >= 15 is 0 Å². The predicted molar refractivity (Wildman–Crippen MR) is 110 cm³/mol.